The minimum atomic E-state index is -0.855. The lowest BCUT2D eigenvalue weighted by atomic mass is 10.1. The monoisotopic (exact) mass is 1490 g/mol. The summed E-state index contributed by atoms with van der Waals surface area (Å²) >= 11 is 12.6. The van der Waals surface area contributed by atoms with E-state index in [2.05, 4.69) is 29.9 Å². The summed E-state index contributed by atoms with van der Waals surface area (Å²) in [5.74, 6) is -0.879. The van der Waals surface area contributed by atoms with Crippen molar-refractivity contribution in [2.75, 3.05) is 134 Å². The van der Waals surface area contributed by atoms with Gasteiger partial charge >= 0.3 is 22.8 Å². The first-order valence-corrected chi connectivity index (χ1v) is 32.6. The molecule has 8 aliphatic heterocycles. The number of fused-ring (bicyclic) bond motifs is 8. The smallest absolute Gasteiger partial charge is 0.351 e. The van der Waals surface area contributed by atoms with Gasteiger partial charge in [0.05, 0.1) is 84.3 Å². The molecule has 4 N–H and O–H groups in total. The van der Waals surface area contributed by atoms with Gasteiger partial charge in [-0.25, -0.2) is 23.6 Å². The van der Waals surface area contributed by atoms with Gasteiger partial charge in [0.15, 0.2) is 28.5 Å². The van der Waals surface area contributed by atoms with Crippen LogP contribution in [0.3, 0.4) is 0 Å². The van der Waals surface area contributed by atoms with Crippen molar-refractivity contribution in [1.29, 1.82) is 0 Å². The third-order valence-corrected chi connectivity index (χ3v) is 15.1. The molecule has 0 fully saturated rings. The van der Waals surface area contributed by atoms with Gasteiger partial charge in [-0.15, -0.1) is 0 Å². The van der Waals surface area contributed by atoms with Crippen LogP contribution in [0.5, 0.6) is 23.0 Å². The zero-order valence-electron chi connectivity index (χ0n) is 56.2. The minimum Gasteiger partial charge on any atom is -0.492 e. The van der Waals surface area contributed by atoms with Crippen molar-refractivity contribution in [2.24, 2.45) is 0 Å². The van der Waals surface area contributed by atoms with E-state index >= 15 is 0 Å². The zero-order chi connectivity index (χ0) is 74.1. The van der Waals surface area contributed by atoms with E-state index in [0.717, 1.165) is 0 Å². The van der Waals surface area contributed by atoms with Gasteiger partial charge in [0.1, 0.15) is 49.9 Å². The topological polar surface area (TPSA) is 415 Å². The van der Waals surface area contributed by atoms with Gasteiger partial charge < -0.3 is 74.5 Å². The van der Waals surface area contributed by atoms with Crippen LogP contribution in [0.4, 0.5) is 8.78 Å². The highest BCUT2D eigenvalue weighted by Crippen LogP contribution is 2.37. The number of hydrogen-bond donors (Lipinski definition) is 4. The maximum absolute atomic E-state index is 14.6. The SMILES string of the molecule is COCCOCCCOc1cc2oc3nc(=O)[nH]c(=O)c-3cc2cc1Cl.COCCOCCCOc1cc2oc3nc(=O)[nH]c(=O)c-3cc2cc1F.COCCOCCCOc1ccc2cc3c(=O)[nH]c(=O)nc-3oc2c1Cl.COCCOCCCOc1ccc2cc3c(=O)[nH]c(=O)nc-3oc2c1F. The summed E-state index contributed by atoms with van der Waals surface area (Å²) < 4.78 is 114. The van der Waals surface area contributed by atoms with E-state index in [-0.39, 0.29) is 86.7 Å². The molecule has 8 heterocycles. The predicted octanol–water partition coefficient (Wildman–Crippen LogP) is 7.24. The summed E-state index contributed by atoms with van der Waals surface area (Å²) in [7, 11) is 6.41. The summed E-state index contributed by atoms with van der Waals surface area (Å²) in [5, 5.41) is 2.55. The van der Waals surface area contributed by atoms with E-state index in [4.69, 9.17) is 97.7 Å². The third-order valence-electron chi connectivity index (χ3n) is 14.4. The molecule has 0 bridgehead atoms. The van der Waals surface area contributed by atoms with Crippen LogP contribution >= 0.6 is 23.2 Å². The standard InChI is InChI=1S/2C17H17ClN2O6.2C17H17FN2O6/c1-23-7-8-24-5-2-6-25-12-4-3-10-9-11-15(21)19-17(22)20-16(11)26-14(10)13(12)18;1-23-5-6-24-3-2-4-25-14-9-13-10(8-12(14)18)7-11-15(21)19-17(22)20-16(11)26-13;1-23-7-8-24-5-2-6-25-12-4-3-10-9-11-15(21)19-17(22)20-16(11)26-14(10)13(12)18;1-23-5-6-24-3-2-4-25-14-9-13-10(8-12(14)18)7-11-15(21)19-17(22)20-16(11)26-13/h3-4,9H,2,5-8H2,1H3,(H,19,21,22);7-9H,2-6H2,1H3,(H,19,21,22);3-4,9H,2,5-8H2,1H3,(H,19,21,22);7-9H,2-6H2,1H3,(H,19,21,22). The summed E-state index contributed by atoms with van der Waals surface area (Å²) in [6, 6.07) is 18.2. The van der Waals surface area contributed by atoms with Crippen LogP contribution in [0.2, 0.25) is 10.0 Å². The Hall–Kier alpha value is -10.4. The maximum Gasteiger partial charge on any atom is 0.351 e. The number of methoxy groups -OCH3 is 4. The molecule has 0 atom stereocenters. The highest BCUT2D eigenvalue weighted by molar-refractivity contribution is 6.36. The molecule has 0 aromatic heterocycles. The van der Waals surface area contributed by atoms with Crippen LogP contribution in [0.25, 0.3) is 89.7 Å². The fourth-order valence-corrected chi connectivity index (χ4v) is 9.94. The Bertz CT molecular complexity index is 4810. The number of aromatic nitrogens is 8. The molecule has 0 saturated heterocycles. The predicted molar refractivity (Wildman–Crippen MR) is 371 cm³/mol. The van der Waals surface area contributed by atoms with Crippen molar-refractivity contribution in [1.82, 2.24) is 39.9 Å². The lowest BCUT2D eigenvalue weighted by molar-refractivity contribution is 0.0642. The Morgan fingerprint density at radius 2 is 0.692 bits per heavy atom. The second-order valence-corrected chi connectivity index (χ2v) is 22.6. The molecule has 0 spiro atoms. The number of aromatic amines is 4. The first-order valence-electron chi connectivity index (χ1n) is 31.8. The molecule has 4 aromatic carbocycles. The molecule has 12 rings (SSSR count). The van der Waals surface area contributed by atoms with Gasteiger partial charge in [-0.3, -0.25) is 39.1 Å². The van der Waals surface area contributed by atoms with Crippen LogP contribution in [-0.4, -0.2) is 174 Å². The van der Waals surface area contributed by atoms with Crippen molar-refractivity contribution < 1.29 is 83.3 Å². The van der Waals surface area contributed by atoms with E-state index in [0.29, 0.717) is 167 Å². The second kappa shape index (κ2) is 38.8. The number of rotatable bonds is 32. The van der Waals surface area contributed by atoms with Gasteiger partial charge in [0.2, 0.25) is 29.4 Å². The van der Waals surface area contributed by atoms with Gasteiger partial charge in [-0.1, -0.05) is 23.2 Å². The molecule has 0 saturated carbocycles. The average molecular weight is 1490 g/mol. The number of benzene rings is 4. The van der Waals surface area contributed by atoms with Crippen molar-refractivity contribution >= 4 is 67.1 Å². The van der Waals surface area contributed by atoms with Gasteiger partial charge in [-0.05, 0) is 60.7 Å². The highest BCUT2D eigenvalue weighted by Gasteiger charge is 2.22. The minimum absolute atomic E-state index is 0.00433. The molecule has 0 radical (unpaired) electrons. The fourth-order valence-electron chi connectivity index (χ4n) is 9.45. The van der Waals surface area contributed by atoms with Crippen LogP contribution in [0, 0.1) is 11.6 Å². The van der Waals surface area contributed by atoms with Crippen LogP contribution in [0.1, 0.15) is 25.7 Å². The van der Waals surface area contributed by atoms with E-state index < -0.39 is 56.6 Å². The quantitative estimate of drug-likeness (QED) is 0.0238. The van der Waals surface area contributed by atoms with Crippen LogP contribution < -0.4 is 63.9 Å². The molecular formula is C68H68Cl2F2N8O24. The van der Waals surface area contributed by atoms with Crippen molar-refractivity contribution in [3.8, 4) is 68.8 Å². The Kier molecular flexibility index (Phi) is 29.0. The third kappa shape index (κ3) is 21.4. The Morgan fingerprint density at radius 1 is 0.356 bits per heavy atom. The molecular weight excluding hydrogens is 1420 g/mol. The summed E-state index contributed by atoms with van der Waals surface area (Å²) in [5.41, 5.74) is -4.29. The van der Waals surface area contributed by atoms with Crippen LogP contribution in [0.15, 0.2) is 129 Å². The fraction of sp³-hybridized carbons (Fsp3) is 0.353. The number of nitrogens with one attached hydrogen (secondary N) is 4. The first-order chi connectivity index (χ1) is 50.4. The summed E-state index contributed by atoms with van der Waals surface area (Å²) in [6.45, 7) is 7.52. The molecule has 0 amide bonds. The van der Waals surface area contributed by atoms with Gasteiger partial charge in [0.25, 0.3) is 22.2 Å². The Labute approximate surface area is 594 Å². The van der Waals surface area contributed by atoms with E-state index in [1.807, 2.05) is 9.97 Å². The van der Waals surface area contributed by atoms with Crippen LogP contribution in [-0.2, 0) is 37.9 Å². The average Bonchev–Trinajstić information content (AvgIpc) is 0.807. The van der Waals surface area contributed by atoms with E-state index in [1.54, 1.807) is 70.9 Å². The molecule has 36 heteroatoms. The number of nitrogens with zero attached hydrogens (tertiary/aromatic N) is 4. The largest absolute Gasteiger partial charge is 0.492 e. The maximum atomic E-state index is 14.6. The zero-order valence-corrected chi connectivity index (χ0v) is 57.7. The number of hydrogen-bond acceptors (Lipinski definition) is 28. The molecule has 0 unspecified atom stereocenters. The van der Waals surface area contributed by atoms with Crippen molar-refractivity contribution in [3.63, 3.8) is 0 Å². The molecule has 0 aliphatic carbocycles. The van der Waals surface area contributed by atoms with Crippen molar-refractivity contribution in [2.45, 2.75) is 25.7 Å². The van der Waals surface area contributed by atoms with E-state index in [9.17, 15) is 47.1 Å². The molecule has 8 aliphatic rings. The Balaban J connectivity index is 0.000000161. The number of H-pyrrole nitrogens is 4. The van der Waals surface area contributed by atoms with Gasteiger partial charge in [-0.2, -0.15) is 24.3 Å². The second-order valence-electron chi connectivity index (χ2n) is 21.8. The summed E-state index contributed by atoms with van der Waals surface area (Å²) in [4.78, 5) is 115. The lowest BCUT2D eigenvalue weighted by Gasteiger charge is -2.11. The summed E-state index contributed by atoms with van der Waals surface area (Å²) in [6.07, 6.45) is 2.52. The van der Waals surface area contributed by atoms with E-state index in [1.165, 1.54) is 30.3 Å². The normalized spacial score (nSPS) is 11.3. The number of halogens is 4. The molecule has 32 nitrogen and oxygen atoms in total. The highest BCUT2D eigenvalue weighted by atomic mass is 35.5. The molecule has 104 heavy (non-hydrogen) atoms. The molecule has 552 valence electrons. The van der Waals surface area contributed by atoms with Crippen molar-refractivity contribution in [3.05, 3.63) is 178 Å². The lowest BCUT2D eigenvalue weighted by Crippen LogP contribution is -2.24. The number of ether oxygens (including phenoxy) is 12. The molecule has 4 aromatic rings. The first kappa shape index (κ1) is 77.8. The Morgan fingerprint density at radius 3 is 1.12 bits per heavy atom. The van der Waals surface area contributed by atoms with Gasteiger partial charge in [0, 0.05) is 114 Å².